The molecule has 256 valence electrons. The van der Waals surface area contributed by atoms with E-state index in [-0.39, 0.29) is 23.9 Å². The molecule has 0 unspecified atom stereocenters. The Bertz CT molecular complexity index is 1860. The van der Waals surface area contributed by atoms with E-state index in [0.717, 1.165) is 45.5 Å². The van der Waals surface area contributed by atoms with Gasteiger partial charge < -0.3 is 31.1 Å². The number of hydrogen-bond donors (Lipinski definition) is 3. The summed E-state index contributed by atoms with van der Waals surface area (Å²) < 4.78 is 4.94. The fourth-order valence-electron chi connectivity index (χ4n) is 7.18. The van der Waals surface area contributed by atoms with E-state index in [2.05, 4.69) is 85.0 Å². The molecule has 1 saturated heterocycles. The van der Waals surface area contributed by atoms with Crippen LogP contribution in [0, 0.1) is 5.92 Å². The maximum Gasteiger partial charge on any atom is 0.240 e. The Morgan fingerprint density at radius 3 is 1.84 bits per heavy atom. The van der Waals surface area contributed by atoms with E-state index < -0.39 is 12.1 Å². The summed E-state index contributed by atoms with van der Waals surface area (Å²) in [4.78, 5) is 32.3. The maximum atomic E-state index is 14.2. The normalized spacial score (nSPS) is 17.8. The van der Waals surface area contributed by atoms with Gasteiger partial charge in [0.1, 0.15) is 6.26 Å². The molecule has 1 aliphatic heterocycles. The van der Waals surface area contributed by atoms with Crippen molar-refractivity contribution in [2.45, 2.75) is 70.1 Å². The van der Waals surface area contributed by atoms with Crippen molar-refractivity contribution >= 4 is 39.2 Å². The first-order chi connectivity index (χ1) is 23.7. The highest BCUT2D eigenvalue weighted by atomic mass is 16.5. The average Bonchev–Trinajstić information content (AvgIpc) is 3.63. The maximum absolute atomic E-state index is 14.2. The Labute approximate surface area is 288 Å². The van der Waals surface area contributed by atoms with Crippen molar-refractivity contribution in [3.63, 3.8) is 0 Å². The van der Waals surface area contributed by atoms with E-state index in [4.69, 9.17) is 16.0 Å². The number of rotatable bonds is 13. The van der Waals surface area contributed by atoms with Gasteiger partial charge in [0.2, 0.25) is 11.8 Å². The molecule has 4 atom stereocenters. The van der Waals surface area contributed by atoms with Crippen LogP contribution in [-0.4, -0.2) is 70.6 Å². The number of anilines is 1. The molecule has 1 aromatic heterocycles. The van der Waals surface area contributed by atoms with Crippen molar-refractivity contribution in [1.82, 2.24) is 15.0 Å². The molecule has 5 aromatic rings. The third kappa shape index (κ3) is 8.47. The summed E-state index contributed by atoms with van der Waals surface area (Å²) >= 11 is 0. The Hall–Kier alpha value is -4.73. The monoisotopic (exact) mass is 660 g/mol. The van der Waals surface area contributed by atoms with E-state index in [0.29, 0.717) is 50.6 Å². The van der Waals surface area contributed by atoms with Crippen LogP contribution in [0.15, 0.2) is 102 Å². The number of hydrogen-bond acceptors (Lipinski definition) is 7. The molecular weight excluding hydrogens is 612 g/mol. The van der Waals surface area contributed by atoms with Gasteiger partial charge in [0, 0.05) is 37.8 Å². The molecule has 49 heavy (non-hydrogen) atoms. The van der Waals surface area contributed by atoms with Gasteiger partial charge in [-0.05, 0) is 70.7 Å². The standard InChI is InChI=1S/C40H48N6O3/c1-27(2)20-35-26-45(39(47)36(41)23-28-13-15-30-8-3-5-10-32(30)21-28)34(12-7-18-43-38-17-19-49-44-38)25-46(35)40(48)37(42)24-29-14-16-31-9-4-6-11-33(31)22-29/h3-6,8-11,13-17,19,21-22,27,34-37H,7,12,18,20,23-26,41-42H2,1-2H3,(H,43,44)/t34-,35+,36+,37+/m0/s1. The first-order valence-electron chi connectivity index (χ1n) is 17.5. The Kier molecular flexibility index (Phi) is 10.9. The molecule has 0 bridgehead atoms. The lowest BCUT2D eigenvalue weighted by atomic mass is 9.93. The molecule has 6 rings (SSSR count). The van der Waals surface area contributed by atoms with Gasteiger partial charge in [0.15, 0.2) is 5.82 Å². The number of piperazine rings is 1. The number of fused-ring (bicyclic) bond motifs is 2. The predicted octanol–water partition coefficient (Wildman–Crippen LogP) is 5.77. The molecular formula is C40H48N6O3. The molecule has 2 amide bonds. The zero-order valence-electron chi connectivity index (χ0n) is 28.5. The predicted molar refractivity (Wildman–Crippen MR) is 196 cm³/mol. The number of nitrogens with two attached hydrogens (primary N) is 2. The number of carbonyl (C=O) groups is 2. The van der Waals surface area contributed by atoms with Crippen LogP contribution in [0.5, 0.6) is 0 Å². The van der Waals surface area contributed by atoms with Gasteiger partial charge in [-0.3, -0.25) is 9.59 Å². The zero-order valence-corrected chi connectivity index (χ0v) is 28.5. The van der Waals surface area contributed by atoms with Gasteiger partial charge in [-0.15, -0.1) is 0 Å². The number of aromatic nitrogens is 1. The van der Waals surface area contributed by atoms with Gasteiger partial charge in [-0.2, -0.15) is 0 Å². The SMILES string of the molecule is CC(C)C[C@@H]1CN(C(=O)[C@H](N)Cc2ccc3ccccc3c2)[C@@H](CCCNc2ccon2)CN1C(=O)[C@H](N)Cc1ccc2ccccc2c1. The third-order valence-corrected chi connectivity index (χ3v) is 9.64. The number of benzene rings is 4. The van der Waals surface area contributed by atoms with Gasteiger partial charge >= 0.3 is 0 Å². The van der Waals surface area contributed by atoms with Crippen LogP contribution in [0.1, 0.15) is 44.2 Å². The van der Waals surface area contributed by atoms with Crippen LogP contribution in [0.4, 0.5) is 5.82 Å². The lowest BCUT2D eigenvalue weighted by Gasteiger charge is -2.48. The van der Waals surface area contributed by atoms with Crippen LogP contribution in [-0.2, 0) is 22.4 Å². The largest absolute Gasteiger partial charge is 0.367 e. The van der Waals surface area contributed by atoms with Crippen LogP contribution in [0.3, 0.4) is 0 Å². The van der Waals surface area contributed by atoms with Gasteiger partial charge in [-0.1, -0.05) is 104 Å². The number of nitrogens with zero attached hydrogens (tertiary/aromatic N) is 3. The Balaban J connectivity index is 1.20. The fraction of sp³-hybridized carbons (Fsp3) is 0.375. The van der Waals surface area contributed by atoms with Crippen molar-refractivity contribution in [3.05, 3.63) is 108 Å². The van der Waals surface area contributed by atoms with E-state index in [1.807, 2.05) is 34.1 Å². The van der Waals surface area contributed by atoms with Crippen LogP contribution in [0.25, 0.3) is 21.5 Å². The average molecular weight is 661 g/mol. The lowest BCUT2D eigenvalue weighted by molar-refractivity contribution is -0.149. The van der Waals surface area contributed by atoms with Crippen molar-refractivity contribution in [2.75, 3.05) is 25.0 Å². The molecule has 9 nitrogen and oxygen atoms in total. The molecule has 0 aliphatic carbocycles. The first kappa shape index (κ1) is 34.1. The summed E-state index contributed by atoms with van der Waals surface area (Å²) in [6, 6.07) is 28.9. The topological polar surface area (TPSA) is 131 Å². The second kappa shape index (κ2) is 15.7. The van der Waals surface area contributed by atoms with Gasteiger partial charge in [-0.25, -0.2) is 0 Å². The van der Waals surface area contributed by atoms with E-state index in [1.54, 1.807) is 6.07 Å². The number of carbonyl (C=O) groups excluding carboxylic acids is 2. The summed E-state index contributed by atoms with van der Waals surface area (Å²) in [5, 5.41) is 11.8. The molecule has 2 heterocycles. The van der Waals surface area contributed by atoms with Crippen molar-refractivity contribution in [3.8, 4) is 0 Å². The summed E-state index contributed by atoms with van der Waals surface area (Å²) in [5.41, 5.74) is 15.4. The third-order valence-electron chi connectivity index (χ3n) is 9.64. The highest BCUT2D eigenvalue weighted by molar-refractivity contribution is 5.87. The molecule has 1 fully saturated rings. The highest BCUT2D eigenvalue weighted by Gasteiger charge is 2.40. The van der Waals surface area contributed by atoms with Crippen LogP contribution in [0.2, 0.25) is 0 Å². The minimum absolute atomic E-state index is 0.0721. The molecule has 0 spiro atoms. The number of amides is 2. The van der Waals surface area contributed by atoms with E-state index in [1.165, 1.54) is 6.26 Å². The second-order valence-corrected chi connectivity index (χ2v) is 13.9. The Morgan fingerprint density at radius 2 is 1.31 bits per heavy atom. The van der Waals surface area contributed by atoms with E-state index >= 15 is 0 Å². The van der Waals surface area contributed by atoms with Gasteiger partial charge in [0.05, 0.1) is 12.1 Å². The zero-order chi connectivity index (χ0) is 34.3. The smallest absolute Gasteiger partial charge is 0.240 e. The van der Waals surface area contributed by atoms with Crippen molar-refractivity contribution < 1.29 is 14.1 Å². The minimum atomic E-state index is -0.700. The summed E-state index contributed by atoms with van der Waals surface area (Å²) in [5.74, 6) is 0.840. The van der Waals surface area contributed by atoms with E-state index in [9.17, 15) is 9.59 Å². The van der Waals surface area contributed by atoms with Crippen LogP contribution >= 0.6 is 0 Å². The minimum Gasteiger partial charge on any atom is -0.367 e. The highest BCUT2D eigenvalue weighted by Crippen LogP contribution is 2.26. The van der Waals surface area contributed by atoms with Crippen molar-refractivity contribution in [2.24, 2.45) is 17.4 Å². The van der Waals surface area contributed by atoms with Crippen molar-refractivity contribution in [1.29, 1.82) is 0 Å². The summed E-state index contributed by atoms with van der Waals surface area (Å²) in [6.45, 7) is 5.80. The number of nitrogens with one attached hydrogen (secondary N) is 1. The lowest BCUT2D eigenvalue weighted by Crippen LogP contribution is -2.65. The molecule has 9 heteroatoms. The fourth-order valence-corrected chi connectivity index (χ4v) is 7.18. The molecule has 1 aliphatic rings. The van der Waals surface area contributed by atoms with Crippen LogP contribution < -0.4 is 16.8 Å². The first-order valence-corrected chi connectivity index (χ1v) is 17.5. The quantitative estimate of drug-likeness (QED) is 0.137. The van der Waals surface area contributed by atoms with Gasteiger partial charge in [0.25, 0.3) is 0 Å². The second-order valence-electron chi connectivity index (χ2n) is 13.9. The molecule has 0 radical (unpaired) electrons. The molecule has 0 saturated carbocycles. The summed E-state index contributed by atoms with van der Waals surface area (Å²) in [6.07, 6.45) is 4.63. The molecule has 4 aromatic carbocycles. The Morgan fingerprint density at radius 1 is 0.776 bits per heavy atom. The summed E-state index contributed by atoms with van der Waals surface area (Å²) in [7, 11) is 0. The molecule has 5 N–H and O–H groups in total.